The standard InChI is InChI=1S/C16H25N/c1-6-7-16(12(2)3)17-14(5)15-10-8-13(4)9-11-15/h8-11,14,17H,6-7H2,1-5H3. The summed E-state index contributed by atoms with van der Waals surface area (Å²) in [5, 5.41) is 3.63. The fourth-order valence-electron chi connectivity index (χ4n) is 1.92. The lowest BCUT2D eigenvalue weighted by atomic mass is 10.0. The molecule has 0 saturated heterocycles. The van der Waals surface area contributed by atoms with Gasteiger partial charge >= 0.3 is 0 Å². The summed E-state index contributed by atoms with van der Waals surface area (Å²) in [4.78, 5) is 0. The van der Waals surface area contributed by atoms with Crippen LogP contribution >= 0.6 is 0 Å². The first-order valence-corrected chi connectivity index (χ1v) is 6.54. The van der Waals surface area contributed by atoms with Crippen LogP contribution < -0.4 is 5.32 Å². The molecule has 0 aliphatic heterocycles. The summed E-state index contributed by atoms with van der Waals surface area (Å²) in [7, 11) is 0. The third kappa shape index (κ3) is 4.26. The van der Waals surface area contributed by atoms with E-state index in [1.807, 2.05) is 0 Å². The van der Waals surface area contributed by atoms with Crippen molar-refractivity contribution in [1.82, 2.24) is 5.32 Å². The van der Waals surface area contributed by atoms with Crippen molar-refractivity contribution in [1.29, 1.82) is 0 Å². The minimum Gasteiger partial charge on any atom is -0.382 e. The lowest BCUT2D eigenvalue weighted by Crippen LogP contribution is -2.19. The minimum absolute atomic E-state index is 0.382. The number of hydrogen-bond donors (Lipinski definition) is 1. The van der Waals surface area contributed by atoms with Crippen LogP contribution in [0, 0.1) is 6.92 Å². The van der Waals surface area contributed by atoms with Gasteiger partial charge in [-0.1, -0.05) is 48.7 Å². The quantitative estimate of drug-likeness (QED) is 0.771. The van der Waals surface area contributed by atoms with Crippen LogP contribution in [0.5, 0.6) is 0 Å². The summed E-state index contributed by atoms with van der Waals surface area (Å²) in [5.41, 5.74) is 5.45. The summed E-state index contributed by atoms with van der Waals surface area (Å²) in [6, 6.07) is 9.15. The normalized spacial score (nSPS) is 12.1. The number of nitrogens with one attached hydrogen (secondary N) is 1. The number of rotatable bonds is 5. The molecule has 17 heavy (non-hydrogen) atoms. The van der Waals surface area contributed by atoms with Crippen LogP contribution in [0.3, 0.4) is 0 Å². The van der Waals surface area contributed by atoms with Gasteiger partial charge < -0.3 is 5.32 Å². The van der Waals surface area contributed by atoms with E-state index in [-0.39, 0.29) is 0 Å². The first-order chi connectivity index (χ1) is 8.04. The third-order valence-electron chi connectivity index (χ3n) is 3.07. The Morgan fingerprint density at radius 2 is 1.76 bits per heavy atom. The molecule has 1 heteroatoms. The first kappa shape index (κ1) is 13.8. The highest BCUT2D eigenvalue weighted by Gasteiger charge is 2.07. The maximum atomic E-state index is 3.63. The van der Waals surface area contributed by atoms with E-state index >= 15 is 0 Å². The second-order valence-corrected chi connectivity index (χ2v) is 5.01. The van der Waals surface area contributed by atoms with Crippen molar-refractivity contribution < 1.29 is 0 Å². The minimum atomic E-state index is 0.382. The summed E-state index contributed by atoms with van der Waals surface area (Å²) < 4.78 is 0. The highest BCUT2D eigenvalue weighted by atomic mass is 14.9. The summed E-state index contributed by atoms with van der Waals surface area (Å²) in [6.45, 7) is 10.9. The average Bonchev–Trinajstić information content (AvgIpc) is 2.29. The van der Waals surface area contributed by atoms with E-state index in [1.165, 1.54) is 28.8 Å². The van der Waals surface area contributed by atoms with Crippen molar-refractivity contribution in [2.75, 3.05) is 0 Å². The predicted octanol–water partition coefficient (Wildman–Crippen LogP) is 4.74. The largest absolute Gasteiger partial charge is 0.382 e. The van der Waals surface area contributed by atoms with Crippen LogP contribution in [-0.4, -0.2) is 0 Å². The second-order valence-electron chi connectivity index (χ2n) is 5.01. The van der Waals surface area contributed by atoms with Gasteiger partial charge in [0, 0.05) is 11.7 Å². The van der Waals surface area contributed by atoms with E-state index in [0.29, 0.717) is 6.04 Å². The molecular weight excluding hydrogens is 206 g/mol. The molecule has 0 radical (unpaired) electrons. The van der Waals surface area contributed by atoms with E-state index in [0.717, 1.165) is 6.42 Å². The van der Waals surface area contributed by atoms with Gasteiger partial charge in [0.15, 0.2) is 0 Å². The lowest BCUT2D eigenvalue weighted by Gasteiger charge is -2.20. The molecule has 0 fully saturated rings. The molecular formula is C16H25N. The van der Waals surface area contributed by atoms with Crippen molar-refractivity contribution >= 4 is 0 Å². The molecule has 0 bridgehead atoms. The molecule has 0 spiro atoms. The molecule has 1 N–H and O–H groups in total. The Hall–Kier alpha value is -1.24. The van der Waals surface area contributed by atoms with Crippen molar-refractivity contribution in [2.45, 2.75) is 53.5 Å². The van der Waals surface area contributed by atoms with Gasteiger partial charge in [0.2, 0.25) is 0 Å². The van der Waals surface area contributed by atoms with Crippen molar-refractivity contribution in [3.63, 3.8) is 0 Å². The highest BCUT2D eigenvalue weighted by Crippen LogP contribution is 2.17. The summed E-state index contributed by atoms with van der Waals surface area (Å²) in [5.74, 6) is 0. The van der Waals surface area contributed by atoms with Crippen molar-refractivity contribution in [2.24, 2.45) is 0 Å². The van der Waals surface area contributed by atoms with E-state index in [1.54, 1.807) is 0 Å². The van der Waals surface area contributed by atoms with Crippen LogP contribution in [0.1, 0.15) is 57.7 Å². The summed E-state index contributed by atoms with van der Waals surface area (Å²) >= 11 is 0. The Bertz CT molecular complexity index is 369. The first-order valence-electron chi connectivity index (χ1n) is 6.54. The fourth-order valence-corrected chi connectivity index (χ4v) is 1.92. The molecule has 1 aromatic carbocycles. The Morgan fingerprint density at radius 3 is 2.24 bits per heavy atom. The Morgan fingerprint density at radius 1 is 1.18 bits per heavy atom. The number of benzene rings is 1. The highest BCUT2D eigenvalue weighted by molar-refractivity contribution is 5.25. The zero-order chi connectivity index (χ0) is 12.8. The average molecular weight is 231 g/mol. The molecule has 0 aliphatic carbocycles. The van der Waals surface area contributed by atoms with Crippen LogP contribution in [0.4, 0.5) is 0 Å². The Kier molecular flexibility index (Phi) is 5.27. The van der Waals surface area contributed by atoms with Gasteiger partial charge in [-0.2, -0.15) is 0 Å². The van der Waals surface area contributed by atoms with Gasteiger partial charge in [-0.3, -0.25) is 0 Å². The lowest BCUT2D eigenvalue weighted by molar-refractivity contribution is 0.616. The van der Waals surface area contributed by atoms with Gasteiger partial charge in [-0.15, -0.1) is 0 Å². The molecule has 0 amide bonds. The van der Waals surface area contributed by atoms with Crippen molar-refractivity contribution in [3.8, 4) is 0 Å². The molecule has 1 nitrogen and oxygen atoms in total. The molecule has 0 saturated carbocycles. The SMILES string of the molecule is CCCC(NC(C)c1ccc(C)cc1)=C(C)C. The summed E-state index contributed by atoms with van der Waals surface area (Å²) in [6.07, 6.45) is 2.33. The third-order valence-corrected chi connectivity index (χ3v) is 3.07. The second kappa shape index (κ2) is 6.48. The van der Waals surface area contributed by atoms with Crippen LogP contribution in [0.2, 0.25) is 0 Å². The Labute approximate surface area is 106 Å². The van der Waals surface area contributed by atoms with E-state index in [4.69, 9.17) is 0 Å². The maximum absolute atomic E-state index is 3.63. The van der Waals surface area contributed by atoms with E-state index in [2.05, 4.69) is 64.2 Å². The van der Waals surface area contributed by atoms with Gasteiger partial charge in [-0.25, -0.2) is 0 Å². The molecule has 1 rings (SSSR count). The van der Waals surface area contributed by atoms with Gasteiger partial charge in [0.1, 0.15) is 0 Å². The molecule has 1 aromatic rings. The Balaban J connectivity index is 2.74. The number of allylic oxidation sites excluding steroid dienone is 2. The monoisotopic (exact) mass is 231 g/mol. The predicted molar refractivity (Wildman–Crippen MR) is 76.0 cm³/mol. The molecule has 1 unspecified atom stereocenters. The van der Waals surface area contributed by atoms with Crippen LogP contribution in [0.15, 0.2) is 35.5 Å². The molecule has 0 heterocycles. The van der Waals surface area contributed by atoms with Gasteiger partial charge in [-0.05, 0) is 39.7 Å². The number of aryl methyl sites for hydroxylation is 1. The molecule has 0 aliphatic rings. The number of hydrogen-bond acceptors (Lipinski definition) is 1. The molecule has 94 valence electrons. The maximum Gasteiger partial charge on any atom is 0.0482 e. The van der Waals surface area contributed by atoms with Crippen LogP contribution in [0.25, 0.3) is 0 Å². The van der Waals surface area contributed by atoms with Gasteiger partial charge in [0.25, 0.3) is 0 Å². The molecule has 0 aromatic heterocycles. The van der Waals surface area contributed by atoms with E-state index in [9.17, 15) is 0 Å². The molecule has 1 atom stereocenters. The zero-order valence-electron chi connectivity index (χ0n) is 11.8. The smallest absolute Gasteiger partial charge is 0.0482 e. The fraction of sp³-hybridized carbons (Fsp3) is 0.500. The van der Waals surface area contributed by atoms with Crippen molar-refractivity contribution in [3.05, 3.63) is 46.7 Å². The van der Waals surface area contributed by atoms with Gasteiger partial charge in [0.05, 0.1) is 0 Å². The van der Waals surface area contributed by atoms with Crippen LogP contribution in [-0.2, 0) is 0 Å². The topological polar surface area (TPSA) is 12.0 Å². The van der Waals surface area contributed by atoms with E-state index < -0.39 is 0 Å². The zero-order valence-corrected chi connectivity index (χ0v) is 11.8.